The van der Waals surface area contributed by atoms with E-state index in [4.69, 9.17) is 27.9 Å². The third-order valence-corrected chi connectivity index (χ3v) is 3.88. The van der Waals surface area contributed by atoms with Crippen molar-refractivity contribution in [3.63, 3.8) is 0 Å². The smallest absolute Gasteiger partial charge is 0.0958 e. The van der Waals surface area contributed by atoms with Crippen LogP contribution in [0.25, 0.3) is 0 Å². The van der Waals surface area contributed by atoms with E-state index in [0.717, 1.165) is 6.42 Å². The zero-order valence-corrected chi connectivity index (χ0v) is 11.3. The molecule has 17 heavy (non-hydrogen) atoms. The van der Waals surface area contributed by atoms with Gasteiger partial charge in [0.2, 0.25) is 0 Å². The van der Waals surface area contributed by atoms with Crippen molar-refractivity contribution in [2.75, 3.05) is 6.61 Å². The fourth-order valence-corrected chi connectivity index (χ4v) is 2.76. The number of halogens is 2. The van der Waals surface area contributed by atoms with Gasteiger partial charge in [-0.3, -0.25) is 0 Å². The van der Waals surface area contributed by atoms with E-state index in [1.54, 1.807) is 18.2 Å². The van der Waals surface area contributed by atoms with Crippen LogP contribution in [0.1, 0.15) is 31.7 Å². The number of rotatable bonds is 2. The molecule has 1 aliphatic heterocycles. The predicted molar refractivity (Wildman–Crippen MR) is 69.6 cm³/mol. The van der Waals surface area contributed by atoms with Gasteiger partial charge in [0.05, 0.1) is 18.3 Å². The third-order valence-electron chi connectivity index (χ3n) is 3.32. The molecule has 0 spiro atoms. The van der Waals surface area contributed by atoms with Crippen LogP contribution in [-0.4, -0.2) is 17.8 Å². The summed E-state index contributed by atoms with van der Waals surface area (Å²) in [5.74, 6) is 0. The van der Waals surface area contributed by atoms with Crippen LogP contribution in [0.15, 0.2) is 18.2 Å². The average molecular weight is 275 g/mol. The SMILES string of the molecule is CCC1CC(O)(c2cc(Cl)ccc2Cl)CCO1. The maximum atomic E-state index is 10.7. The lowest BCUT2D eigenvalue weighted by Gasteiger charge is -2.37. The molecule has 0 aromatic heterocycles. The fraction of sp³-hybridized carbons (Fsp3) is 0.538. The van der Waals surface area contributed by atoms with E-state index in [1.807, 2.05) is 0 Å². The molecule has 1 saturated heterocycles. The minimum absolute atomic E-state index is 0.0869. The van der Waals surface area contributed by atoms with Crippen LogP contribution < -0.4 is 0 Å². The predicted octanol–water partition coefficient (Wildman–Crippen LogP) is 3.77. The highest BCUT2D eigenvalue weighted by Gasteiger charge is 2.37. The Bertz CT molecular complexity index is 408. The quantitative estimate of drug-likeness (QED) is 0.890. The number of ether oxygens (including phenoxy) is 1. The van der Waals surface area contributed by atoms with Crippen LogP contribution in [-0.2, 0) is 10.3 Å². The summed E-state index contributed by atoms with van der Waals surface area (Å²) < 4.78 is 5.58. The van der Waals surface area contributed by atoms with Crippen LogP contribution in [0, 0.1) is 0 Å². The second-order valence-electron chi connectivity index (χ2n) is 4.51. The molecular formula is C13H16Cl2O2. The Morgan fingerprint density at radius 2 is 2.24 bits per heavy atom. The lowest BCUT2D eigenvalue weighted by atomic mass is 9.83. The van der Waals surface area contributed by atoms with E-state index in [1.165, 1.54) is 0 Å². The molecule has 0 aliphatic carbocycles. The van der Waals surface area contributed by atoms with Crippen molar-refractivity contribution in [1.29, 1.82) is 0 Å². The molecule has 1 fully saturated rings. The molecule has 1 aliphatic rings. The standard InChI is InChI=1S/C13H16Cl2O2/c1-2-10-8-13(16,5-6-17-10)11-7-9(14)3-4-12(11)15/h3-4,7,10,16H,2,5-6,8H2,1H3. The molecule has 1 heterocycles. The molecule has 1 aromatic rings. The zero-order valence-electron chi connectivity index (χ0n) is 9.75. The first-order chi connectivity index (χ1) is 8.05. The van der Waals surface area contributed by atoms with Gasteiger partial charge in [0.25, 0.3) is 0 Å². The van der Waals surface area contributed by atoms with Gasteiger partial charge in [0.1, 0.15) is 0 Å². The van der Waals surface area contributed by atoms with Gasteiger partial charge in [-0.2, -0.15) is 0 Å². The lowest BCUT2D eigenvalue weighted by molar-refractivity contribution is -0.108. The monoisotopic (exact) mass is 274 g/mol. The molecule has 0 radical (unpaired) electrons. The third kappa shape index (κ3) is 2.76. The van der Waals surface area contributed by atoms with Crippen LogP contribution in [0.2, 0.25) is 10.0 Å². The van der Waals surface area contributed by atoms with Crippen LogP contribution >= 0.6 is 23.2 Å². The van der Waals surface area contributed by atoms with Gasteiger partial charge in [-0.25, -0.2) is 0 Å². The Morgan fingerprint density at radius 3 is 2.94 bits per heavy atom. The van der Waals surface area contributed by atoms with Gasteiger partial charge >= 0.3 is 0 Å². The maximum absolute atomic E-state index is 10.7. The molecule has 0 bridgehead atoms. The number of hydrogen-bond donors (Lipinski definition) is 1. The van der Waals surface area contributed by atoms with Crippen molar-refractivity contribution in [3.05, 3.63) is 33.8 Å². The van der Waals surface area contributed by atoms with E-state index >= 15 is 0 Å². The molecule has 4 heteroatoms. The Hall–Kier alpha value is -0.280. The minimum atomic E-state index is -0.916. The number of hydrogen-bond acceptors (Lipinski definition) is 2. The van der Waals surface area contributed by atoms with E-state index in [-0.39, 0.29) is 6.10 Å². The highest BCUT2D eigenvalue weighted by Crippen LogP contribution is 2.39. The summed E-state index contributed by atoms with van der Waals surface area (Å²) in [7, 11) is 0. The summed E-state index contributed by atoms with van der Waals surface area (Å²) in [4.78, 5) is 0. The molecule has 1 N–H and O–H groups in total. The maximum Gasteiger partial charge on any atom is 0.0958 e. The zero-order chi connectivity index (χ0) is 12.5. The summed E-state index contributed by atoms with van der Waals surface area (Å²) in [6, 6.07) is 5.21. The highest BCUT2D eigenvalue weighted by molar-refractivity contribution is 6.33. The molecule has 2 unspecified atom stereocenters. The fourth-order valence-electron chi connectivity index (χ4n) is 2.29. The molecule has 0 saturated carbocycles. The molecule has 2 atom stereocenters. The summed E-state index contributed by atoms with van der Waals surface area (Å²) in [6.07, 6.45) is 2.11. The van der Waals surface area contributed by atoms with Crippen molar-refractivity contribution in [3.8, 4) is 0 Å². The van der Waals surface area contributed by atoms with Crippen LogP contribution in [0.5, 0.6) is 0 Å². The second-order valence-corrected chi connectivity index (χ2v) is 5.35. The summed E-state index contributed by atoms with van der Waals surface area (Å²) in [5.41, 5.74) is -0.200. The number of aliphatic hydroxyl groups is 1. The van der Waals surface area contributed by atoms with Gasteiger partial charge < -0.3 is 9.84 Å². The normalized spacial score (nSPS) is 29.3. The molecule has 1 aromatic carbocycles. The van der Waals surface area contributed by atoms with E-state index in [2.05, 4.69) is 6.92 Å². The molecule has 2 nitrogen and oxygen atoms in total. The minimum Gasteiger partial charge on any atom is -0.385 e. The molecule has 94 valence electrons. The van der Waals surface area contributed by atoms with Crippen molar-refractivity contribution in [2.45, 2.75) is 37.9 Å². The van der Waals surface area contributed by atoms with Gasteiger partial charge in [-0.1, -0.05) is 30.1 Å². The van der Waals surface area contributed by atoms with Gasteiger partial charge in [0, 0.05) is 28.5 Å². The van der Waals surface area contributed by atoms with Crippen LogP contribution in [0.4, 0.5) is 0 Å². The van der Waals surface area contributed by atoms with Crippen molar-refractivity contribution < 1.29 is 9.84 Å². The Kier molecular flexibility index (Phi) is 3.99. The summed E-state index contributed by atoms with van der Waals surface area (Å²) in [5, 5.41) is 11.9. The largest absolute Gasteiger partial charge is 0.385 e. The van der Waals surface area contributed by atoms with Crippen molar-refractivity contribution in [1.82, 2.24) is 0 Å². The van der Waals surface area contributed by atoms with E-state index in [9.17, 15) is 5.11 Å². The van der Waals surface area contributed by atoms with Gasteiger partial charge in [0.15, 0.2) is 0 Å². The summed E-state index contributed by atoms with van der Waals surface area (Å²) in [6.45, 7) is 2.60. The lowest BCUT2D eigenvalue weighted by Crippen LogP contribution is -2.38. The van der Waals surface area contributed by atoms with E-state index in [0.29, 0.717) is 35.1 Å². The molecule has 2 rings (SSSR count). The highest BCUT2D eigenvalue weighted by atomic mass is 35.5. The molecular weight excluding hydrogens is 259 g/mol. The Balaban J connectivity index is 2.33. The first kappa shape index (κ1) is 13.2. The van der Waals surface area contributed by atoms with E-state index < -0.39 is 5.60 Å². The average Bonchev–Trinajstić information content (AvgIpc) is 2.32. The van der Waals surface area contributed by atoms with Crippen LogP contribution in [0.3, 0.4) is 0 Å². The Morgan fingerprint density at radius 1 is 1.47 bits per heavy atom. The second kappa shape index (κ2) is 5.15. The first-order valence-corrected chi connectivity index (χ1v) is 6.60. The molecule has 0 amide bonds. The summed E-state index contributed by atoms with van der Waals surface area (Å²) >= 11 is 12.1. The van der Waals surface area contributed by atoms with Gasteiger partial charge in [-0.15, -0.1) is 0 Å². The van der Waals surface area contributed by atoms with Gasteiger partial charge in [-0.05, 0) is 24.6 Å². The van der Waals surface area contributed by atoms with Crippen molar-refractivity contribution in [2.24, 2.45) is 0 Å². The Labute approximate surface area is 111 Å². The number of benzene rings is 1. The topological polar surface area (TPSA) is 29.5 Å². The van der Waals surface area contributed by atoms with Crippen molar-refractivity contribution >= 4 is 23.2 Å². The first-order valence-electron chi connectivity index (χ1n) is 5.84.